The van der Waals surface area contributed by atoms with Gasteiger partial charge in [-0.3, -0.25) is 9.69 Å². The molecule has 1 aliphatic heterocycles. The maximum absolute atomic E-state index is 11.4. The van der Waals surface area contributed by atoms with E-state index in [1.807, 2.05) is 13.8 Å². The summed E-state index contributed by atoms with van der Waals surface area (Å²) < 4.78 is 5.87. The van der Waals surface area contributed by atoms with E-state index in [0.717, 1.165) is 26.1 Å². The van der Waals surface area contributed by atoms with Crippen LogP contribution < -0.4 is 11.1 Å². The van der Waals surface area contributed by atoms with Crippen LogP contribution in [0.5, 0.6) is 0 Å². The quantitative estimate of drug-likeness (QED) is 0.747. The number of hydrogen-bond donors (Lipinski definition) is 2. The van der Waals surface area contributed by atoms with Crippen LogP contribution in [0.4, 0.5) is 0 Å². The van der Waals surface area contributed by atoms with Crippen LogP contribution in [0.3, 0.4) is 0 Å². The van der Waals surface area contributed by atoms with Crippen molar-refractivity contribution < 1.29 is 9.53 Å². The van der Waals surface area contributed by atoms with E-state index < -0.39 is 0 Å². The van der Waals surface area contributed by atoms with E-state index in [4.69, 9.17) is 10.5 Å². The molecule has 0 aromatic heterocycles. The Hall–Kier alpha value is -0.650. The first-order valence-corrected chi connectivity index (χ1v) is 7.15. The first-order valence-electron chi connectivity index (χ1n) is 7.15. The van der Waals surface area contributed by atoms with Gasteiger partial charge in [0.2, 0.25) is 5.91 Å². The molecular weight excluding hydrogens is 242 g/mol. The highest BCUT2D eigenvalue weighted by molar-refractivity contribution is 5.79. The largest absolute Gasteiger partial charge is 0.370 e. The van der Waals surface area contributed by atoms with Crippen LogP contribution in [-0.2, 0) is 9.53 Å². The van der Waals surface area contributed by atoms with Gasteiger partial charge in [0.25, 0.3) is 0 Å². The minimum Gasteiger partial charge on any atom is -0.370 e. The molecule has 0 radical (unpaired) electrons. The zero-order valence-electron chi connectivity index (χ0n) is 12.9. The van der Waals surface area contributed by atoms with Gasteiger partial charge in [-0.2, -0.15) is 0 Å². The molecule has 2 atom stereocenters. The van der Waals surface area contributed by atoms with Crippen molar-refractivity contribution in [3.8, 4) is 0 Å². The molecule has 0 aromatic rings. The lowest BCUT2D eigenvalue weighted by atomic mass is 10.0. The van der Waals surface area contributed by atoms with Crippen LogP contribution in [0, 0.1) is 0 Å². The molecule has 2 unspecified atom stereocenters. The molecule has 112 valence electrons. The van der Waals surface area contributed by atoms with E-state index in [2.05, 4.69) is 31.0 Å². The summed E-state index contributed by atoms with van der Waals surface area (Å²) in [5.41, 5.74) is 5.32. The lowest BCUT2D eigenvalue weighted by Gasteiger charge is -2.42. The molecule has 0 aliphatic carbocycles. The number of amides is 1. The molecule has 19 heavy (non-hydrogen) atoms. The number of hydrogen-bond acceptors (Lipinski definition) is 4. The molecule has 5 nitrogen and oxygen atoms in total. The first kappa shape index (κ1) is 16.4. The standard InChI is InChI=1S/C14H29N3O2/c1-10(2)16-12(13(15)18)6-7-17-8-11(3)19-14(4,5)9-17/h10-12,16H,6-9H2,1-5H3,(H2,15,18). The maximum Gasteiger partial charge on any atom is 0.234 e. The second-order valence-electron chi connectivity index (χ2n) is 6.49. The normalized spacial score (nSPS) is 25.5. The highest BCUT2D eigenvalue weighted by Gasteiger charge is 2.31. The van der Waals surface area contributed by atoms with Gasteiger partial charge in [-0.25, -0.2) is 0 Å². The lowest BCUT2D eigenvalue weighted by molar-refractivity contribution is -0.130. The number of ether oxygens (including phenoxy) is 1. The highest BCUT2D eigenvalue weighted by atomic mass is 16.5. The van der Waals surface area contributed by atoms with E-state index in [0.29, 0.717) is 0 Å². The van der Waals surface area contributed by atoms with E-state index in [-0.39, 0.29) is 29.7 Å². The van der Waals surface area contributed by atoms with Crippen molar-refractivity contribution in [1.82, 2.24) is 10.2 Å². The summed E-state index contributed by atoms with van der Waals surface area (Å²) >= 11 is 0. The lowest BCUT2D eigenvalue weighted by Crippen LogP contribution is -2.53. The smallest absolute Gasteiger partial charge is 0.234 e. The average molecular weight is 271 g/mol. The number of nitrogens with one attached hydrogen (secondary N) is 1. The van der Waals surface area contributed by atoms with Gasteiger partial charge in [0, 0.05) is 25.7 Å². The third-order valence-corrected chi connectivity index (χ3v) is 3.25. The molecule has 5 heteroatoms. The summed E-state index contributed by atoms with van der Waals surface area (Å²) in [6.07, 6.45) is 0.977. The van der Waals surface area contributed by atoms with Crippen molar-refractivity contribution in [1.29, 1.82) is 0 Å². The zero-order chi connectivity index (χ0) is 14.6. The summed E-state index contributed by atoms with van der Waals surface area (Å²) in [5.74, 6) is -0.269. The van der Waals surface area contributed by atoms with Gasteiger partial charge in [0.15, 0.2) is 0 Å². The number of primary amides is 1. The van der Waals surface area contributed by atoms with Gasteiger partial charge in [-0.15, -0.1) is 0 Å². The number of carbonyl (C=O) groups is 1. The van der Waals surface area contributed by atoms with Crippen molar-refractivity contribution in [2.24, 2.45) is 5.73 Å². The number of carbonyl (C=O) groups excluding carboxylic acids is 1. The molecule has 3 N–H and O–H groups in total. The van der Waals surface area contributed by atoms with Crippen molar-refractivity contribution in [2.75, 3.05) is 19.6 Å². The summed E-state index contributed by atoms with van der Waals surface area (Å²) in [6, 6.07) is 0.0128. The Morgan fingerprint density at radius 2 is 2.16 bits per heavy atom. The second-order valence-corrected chi connectivity index (χ2v) is 6.49. The first-order chi connectivity index (χ1) is 8.69. The van der Waals surface area contributed by atoms with E-state index >= 15 is 0 Å². The molecule has 0 bridgehead atoms. The minimum atomic E-state index is -0.269. The average Bonchev–Trinajstić information content (AvgIpc) is 2.20. The molecule has 1 fully saturated rings. The van der Waals surface area contributed by atoms with Crippen molar-refractivity contribution in [3.05, 3.63) is 0 Å². The van der Waals surface area contributed by atoms with Gasteiger partial charge < -0.3 is 15.8 Å². The molecule has 1 saturated heterocycles. The second kappa shape index (κ2) is 6.68. The van der Waals surface area contributed by atoms with Crippen LogP contribution >= 0.6 is 0 Å². The van der Waals surface area contributed by atoms with Crippen molar-refractivity contribution in [2.45, 2.75) is 64.8 Å². The SMILES string of the molecule is CC(C)NC(CCN1CC(C)OC(C)(C)C1)C(N)=O. The highest BCUT2D eigenvalue weighted by Crippen LogP contribution is 2.20. The Bertz CT molecular complexity index is 305. The van der Waals surface area contributed by atoms with Gasteiger partial charge >= 0.3 is 0 Å². The summed E-state index contributed by atoms with van der Waals surface area (Å²) in [4.78, 5) is 13.8. The Morgan fingerprint density at radius 1 is 1.53 bits per heavy atom. The van der Waals surface area contributed by atoms with E-state index in [9.17, 15) is 4.79 Å². The topological polar surface area (TPSA) is 67.6 Å². The zero-order valence-corrected chi connectivity index (χ0v) is 12.9. The fraction of sp³-hybridized carbons (Fsp3) is 0.929. The Balaban J connectivity index is 2.47. The van der Waals surface area contributed by atoms with Crippen LogP contribution in [0.15, 0.2) is 0 Å². The molecule has 0 spiro atoms. The van der Waals surface area contributed by atoms with Gasteiger partial charge in [0.05, 0.1) is 17.7 Å². The number of nitrogens with two attached hydrogens (primary N) is 1. The molecule has 0 aromatic carbocycles. The van der Waals surface area contributed by atoms with Gasteiger partial charge in [0.1, 0.15) is 0 Å². The molecule has 1 heterocycles. The third kappa shape index (κ3) is 5.89. The van der Waals surface area contributed by atoms with Gasteiger partial charge in [-0.05, 0) is 27.2 Å². The van der Waals surface area contributed by atoms with E-state index in [1.165, 1.54) is 0 Å². The molecule has 1 aliphatic rings. The summed E-state index contributed by atoms with van der Waals surface area (Å²) in [6.45, 7) is 13.0. The molecule has 1 rings (SSSR count). The molecular formula is C14H29N3O2. The number of rotatable bonds is 6. The van der Waals surface area contributed by atoms with Crippen LogP contribution in [0.2, 0.25) is 0 Å². The molecule has 1 amide bonds. The Labute approximate surface area is 116 Å². The minimum absolute atomic E-state index is 0.120. The van der Waals surface area contributed by atoms with E-state index in [1.54, 1.807) is 0 Å². The fourth-order valence-electron chi connectivity index (χ4n) is 2.78. The fourth-order valence-corrected chi connectivity index (χ4v) is 2.78. The Kier molecular flexibility index (Phi) is 5.77. The Morgan fingerprint density at radius 3 is 2.63 bits per heavy atom. The monoisotopic (exact) mass is 271 g/mol. The summed E-state index contributed by atoms with van der Waals surface area (Å²) in [7, 11) is 0. The summed E-state index contributed by atoms with van der Waals surface area (Å²) in [5, 5.41) is 3.22. The van der Waals surface area contributed by atoms with Crippen molar-refractivity contribution in [3.63, 3.8) is 0 Å². The molecule has 0 saturated carbocycles. The number of morpholine rings is 1. The maximum atomic E-state index is 11.4. The predicted molar refractivity (Wildman–Crippen MR) is 76.9 cm³/mol. The van der Waals surface area contributed by atoms with Gasteiger partial charge in [-0.1, -0.05) is 13.8 Å². The van der Waals surface area contributed by atoms with Crippen LogP contribution in [-0.4, -0.2) is 54.2 Å². The number of nitrogens with zero attached hydrogens (tertiary/aromatic N) is 1. The predicted octanol–water partition coefficient (Wildman–Crippen LogP) is 0.728. The third-order valence-electron chi connectivity index (χ3n) is 3.25. The van der Waals surface area contributed by atoms with Crippen molar-refractivity contribution >= 4 is 5.91 Å². The van der Waals surface area contributed by atoms with Crippen LogP contribution in [0.1, 0.15) is 41.0 Å². The van der Waals surface area contributed by atoms with Crippen LogP contribution in [0.25, 0.3) is 0 Å².